The molecular formula is C22H29F3N6O3S. The summed E-state index contributed by atoms with van der Waals surface area (Å²) in [6, 6.07) is 4.96. The Morgan fingerprint density at radius 3 is 2.49 bits per heavy atom. The zero-order chi connectivity index (χ0) is 25.4. The van der Waals surface area contributed by atoms with Gasteiger partial charge in [-0.15, -0.1) is 5.10 Å². The average molecular weight is 515 g/mol. The Labute approximate surface area is 202 Å². The van der Waals surface area contributed by atoms with Gasteiger partial charge in [0.15, 0.2) is 5.82 Å². The number of piperazine rings is 1. The second-order valence-corrected chi connectivity index (χ2v) is 10.9. The number of nitrogens with one attached hydrogen (secondary N) is 1. The summed E-state index contributed by atoms with van der Waals surface area (Å²) < 4.78 is 66.1. The van der Waals surface area contributed by atoms with Crippen LogP contribution in [0, 0.1) is 0 Å². The Bertz CT molecular complexity index is 1180. The number of nitrogens with zero attached hydrogens (tertiary/aromatic N) is 5. The first-order chi connectivity index (χ1) is 16.4. The molecule has 0 spiro atoms. The van der Waals surface area contributed by atoms with Gasteiger partial charge in [0.2, 0.25) is 10.0 Å². The number of benzene rings is 1. The quantitative estimate of drug-likeness (QED) is 0.660. The molecule has 0 aliphatic carbocycles. The number of anilines is 2. The summed E-state index contributed by atoms with van der Waals surface area (Å²) in [5.41, 5.74) is 0.830. The van der Waals surface area contributed by atoms with Crippen LogP contribution in [0.1, 0.15) is 30.9 Å². The summed E-state index contributed by atoms with van der Waals surface area (Å²) in [5.74, 6) is 0.0595. The summed E-state index contributed by atoms with van der Waals surface area (Å²) in [5, 5.41) is 3.99. The molecule has 13 heteroatoms. The number of carbonyl (C=O) groups excluding carboxylic acids is 1. The standard InChI is InChI=1S/C22H29F3N6O3S/c1-16-14-30(21(32)31-10-7-20(26-31)27-35(2,33)34)12-11-29(16)15-17-5-6-18(22(23,24)25)13-19(17)28-8-3-4-9-28/h5-7,10,13,16H,3-4,8-9,11-12,14-15H2,1-2H3,(H,26,27). The van der Waals surface area contributed by atoms with Gasteiger partial charge in [-0.1, -0.05) is 6.07 Å². The van der Waals surface area contributed by atoms with Crippen LogP contribution < -0.4 is 9.62 Å². The Balaban J connectivity index is 1.44. The monoisotopic (exact) mass is 514 g/mol. The molecule has 1 unspecified atom stereocenters. The fourth-order valence-corrected chi connectivity index (χ4v) is 5.06. The molecule has 35 heavy (non-hydrogen) atoms. The van der Waals surface area contributed by atoms with E-state index in [9.17, 15) is 26.4 Å². The smallest absolute Gasteiger partial charge is 0.371 e. The largest absolute Gasteiger partial charge is 0.416 e. The molecule has 1 atom stereocenters. The van der Waals surface area contributed by atoms with E-state index in [0.29, 0.717) is 31.9 Å². The molecule has 1 aromatic heterocycles. The van der Waals surface area contributed by atoms with Crippen molar-refractivity contribution in [2.24, 2.45) is 0 Å². The van der Waals surface area contributed by atoms with E-state index in [4.69, 9.17) is 0 Å². The lowest BCUT2D eigenvalue weighted by molar-refractivity contribution is -0.137. The Hall–Kier alpha value is -2.80. The lowest BCUT2D eigenvalue weighted by Crippen LogP contribution is -2.54. The van der Waals surface area contributed by atoms with Gasteiger partial charge in [-0.05, 0) is 37.5 Å². The summed E-state index contributed by atoms with van der Waals surface area (Å²) in [4.78, 5) is 18.7. The Morgan fingerprint density at radius 2 is 1.86 bits per heavy atom. The van der Waals surface area contributed by atoms with E-state index in [1.165, 1.54) is 18.3 Å². The van der Waals surface area contributed by atoms with Crippen LogP contribution in [0.3, 0.4) is 0 Å². The fourth-order valence-electron chi connectivity index (χ4n) is 4.57. The predicted molar refractivity (Wildman–Crippen MR) is 126 cm³/mol. The average Bonchev–Trinajstić information content (AvgIpc) is 3.45. The second kappa shape index (κ2) is 9.69. The third kappa shape index (κ3) is 6.07. The summed E-state index contributed by atoms with van der Waals surface area (Å²) in [7, 11) is -3.50. The normalized spacial score (nSPS) is 19.9. The number of amides is 1. The zero-order valence-corrected chi connectivity index (χ0v) is 20.4. The predicted octanol–water partition coefficient (Wildman–Crippen LogP) is 3.05. The van der Waals surface area contributed by atoms with Gasteiger partial charge < -0.3 is 9.80 Å². The molecule has 9 nitrogen and oxygen atoms in total. The minimum Gasteiger partial charge on any atom is -0.371 e. The van der Waals surface area contributed by atoms with Crippen LogP contribution in [0.2, 0.25) is 0 Å². The molecule has 4 rings (SSSR count). The topological polar surface area (TPSA) is 90.8 Å². The maximum atomic E-state index is 13.3. The van der Waals surface area contributed by atoms with Gasteiger partial charge in [-0.25, -0.2) is 13.2 Å². The molecule has 1 aromatic carbocycles. The van der Waals surface area contributed by atoms with E-state index in [0.717, 1.165) is 48.5 Å². The third-order valence-electron chi connectivity index (χ3n) is 6.34. The lowest BCUT2D eigenvalue weighted by atomic mass is 10.1. The molecule has 192 valence electrons. The van der Waals surface area contributed by atoms with Gasteiger partial charge in [0.05, 0.1) is 11.8 Å². The van der Waals surface area contributed by atoms with E-state index in [1.807, 2.05) is 11.8 Å². The van der Waals surface area contributed by atoms with Crippen LogP contribution in [-0.2, 0) is 22.7 Å². The maximum Gasteiger partial charge on any atom is 0.416 e. The molecule has 0 saturated carbocycles. The van der Waals surface area contributed by atoms with Gasteiger partial charge in [-0.2, -0.15) is 17.9 Å². The van der Waals surface area contributed by atoms with Crippen molar-refractivity contribution < 1.29 is 26.4 Å². The highest BCUT2D eigenvalue weighted by Gasteiger charge is 2.33. The number of aromatic nitrogens is 2. The molecule has 1 N–H and O–H groups in total. The van der Waals surface area contributed by atoms with E-state index in [2.05, 4.69) is 14.7 Å². The van der Waals surface area contributed by atoms with Crippen molar-refractivity contribution >= 4 is 27.6 Å². The zero-order valence-electron chi connectivity index (χ0n) is 19.6. The van der Waals surface area contributed by atoms with Crippen molar-refractivity contribution in [2.75, 3.05) is 48.6 Å². The second-order valence-electron chi connectivity index (χ2n) is 9.10. The highest BCUT2D eigenvalue weighted by molar-refractivity contribution is 7.92. The fraction of sp³-hybridized carbons (Fsp3) is 0.545. The molecule has 2 aromatic rings. The van der Waals surface area contributed by atoms with E-state index >= 15 is 0 Å². The first-order valence-corrected chi connectivity index (χ1v) is 13.3. The number of hydrogen-bond donors (Lipinski definition) is 1. The van der Waals surface area contributed by atoms with Crippen LogP contribution >= 0.6 is 0 Å². The molecule has 0 radical (unpaired) electrons. The van der Waals surface area contributed by atoms with Gasteiger partial charge >= 0.3 is 12.2 Å². The molecule has 2 aliphatic rings. The number of rotatable bonds is 5. The maximum absolute atomic E-state index is 13.3. The van der Waals surface area contributed by atoms with Crippen molar-refractivity contribution in [3.63, 3.8) is 0 Å². The van der Waals surface area contributed by atoms with E-state index in [-0.39, 0.29) is 17.9 Å². The molecule has 3 heterocycles. The van der Waals surface area contributed by atoms with Crippen LogP contribution in [0.15, 0.2) is 30.5 Å². The van der Waals surface area contributed by atoms with Crippen LogP contribution in [0.4, 0.5) is 29.5 Å². The van der Waals surface area contributed by atoms with Crippen molar-refractivity contribution in [3.8, 4) is 0 Å². The van der Waals surface area contributed by atoms with E-state index in [1.54, 1.807) is 11.0 Å². The minimum absolute atomic E-state index is 0.0365. The first-order valence-electron chi connectivity index (χ1n) is 11.4. The van der Waals surface area contributed by atoms with Crippen LogP contribution in [-0.4, -0.2) is 79.1 Å². The van der Waals surface area contributed by atoms with Crippen molar-refractivity contribution in [1.82, 2.24) is 19.6 Å². The minimum atomic E-state index is -4.39. The molecule has 0 bridgehead atoms. The highest BCUT2D eigenvalue weighted by atomic mass is 32.2. The van der Waals surface area contributed by atoms with Gasteiger partial charge in [0.1, 0.15) is 0 Å². The Kier molecular flexibility index (Phi) is 7.00. The SMILES string of the molecule is CC1CN(C(=O)n2ccc(NS(C)(=O)=O)n2)CCN1Cc1ccc(C(F)(F)F)cc1N1CCCC1. The molecule has 2 saturated heterocycles. The van der Waals surface area contributed by atoms with Gasteiger partial charge in [-0.3, -0.25) is 9.62 Å². The molecule has 2 aliphatic heterocycles. The molecule has 1 amide bonds. The van der Waals surface area contributed by atoms with Gasteiger partial charge in [0.25, 0.3) is 0 Å². The Morgan fingerprint density at radius 1 is 1.14 bits per heavy atom. The molecule has 2 fully saturated rings. The number of carbonyl (C=O) groups is 1. The lowest BCUT2D eigenvalue weighted by Gasteiger charge is -2.40. The third-order valence-corrected chi connectivity index (χ3v) is 6.92. The number of alkyl halides is 3. The van der Waals surface area contributed by atoms with Crippen molar-refractivity contribution in [3.05, 3.63) is 41.6 Å². The number of halogens is 3. The number of sulfonamides is 1. The number of hydrogen-bond acceptors (Lipinski definition) is 6. The molecular weight excluding hydrogens is 485 g/mol. The van der Waals surface area contributed by atoms with E-state index < -0.39 is 21.8 Å². The summed E-state index contributed by atoms with van der Waals surface area (Å²) in [6.07, 6.45) is -0.0725. The highest BCUT2D eigenvalue weighted by Crippen LogP contribution is 2.35. The van der Waals surface area contributed by atoms with Crippen LogP contribution in [0.5, 0.6) is 0 Å². The first kappa shape index (κ1) is 25.3. The van der Waals surface area contributed by atoms with Crippen molar-refractivity contribution in [1.29, 1.82) is 0 Å². The summed E-state index contributed by atoms with van der Waals surface area (Å²) >= 11 is 0. The summed E-state index contributed by atoms with van der Waals surface area (Å²) in [6.45, 7) is 5.31. The van der Waals surface area contributed by atoms with Crippen LogP contribution in [0.25, 0.3) is 0 Å². The van der Waals surface area contributed by atoms with Gasteiger partial charge in [0, 0.05) is 63.3 Å². The van der Waals surface area contributed by atoms with Crippen molar-refractivity contribution in [2.45, 2.75) is 38.5 Å².